The predicted molar refractivity (Wildman–Crippen MR) is 68.9 cm³/mol. The first-order chi connectivity index (χ1) is 8.28. The Labute approximate surface area is 105 Å². The Morgan fingerprint density at radius 1 is 1.35 bits per heavy atom. The van der Waals surface area contributed by atoms with Crippen LogP contribution in [0.1, 0.15) is 12.5 Å². The van der Waals surface area contributed by atoms with Gasteiger partial charge in [-0.1, -0.05) is 24.8 Å². The minimum Gasteiger partial charge on any atom is -0.313 e. The van der Waals surface area contributed by atoms with Gasteiger partial charge < -0.3 is 5.32 Å². The van der Waals surface area contributed by atoms with Crippen molar-refractivity contribution in [2.24, 2.45) is 7.05 Å². The van der Waals surface area contributed by atoms with Crippen molar-refractivity contribution in [2.75, 3.05) is 6.54 Å². The normalized spacial score (nSPS) is 10.7. The van der Waals surface area contributed by atoms with Crippen LogP contribution in [0.4, 0.5) is 0 Å². The molecule has 0 saturated heterocycles. The van der Waals surface area contributed by atoms with Gasteiger partial charge >= 0.3 is 0 Å². The highest BCUT2D eigenvalue weighted by atomic mass is 32.2. The van der Waals surface area contributed by atoms with Gasteiger partial charge in [-0.25, -0.2) is 4.98 Å². The van der Waals surface area contributed by atoms with E-state index in [1.54, 1.807) is 16.4 Å². The van der Waals surface area contributed by atoms with E-state index in [2.05, 4.69) is 28.4 Å². The van der Waals surface area contributed by atoms with Crippen LogP contribution in [-0.4, -0.2) is 21.3 Å². The van der Waals surface area contributed by atoms with Crippen LogP contribution < -0.4 is 5.32 Å². The molecule has 4 nitrogen and oxygen atoms in total. The number of rotatable bonds is 5. The molecule has 5 heteroatoms. The van der Waals surface area contributed by atoms with Crippen LogP contribution >= 0.6 is 11.8 Å². The van der Waals surface area contributed by atoms with E-state index in [1.165, 1.54) is 5.56 Å². The second kappa shape index (κ2) is 5.84. The van der Waals surface area contributed by atoms with Crippen LogP contribution in [0.15, 0.2) is 40.6 Å². The summed E-state index contributed by atoms with van der Waals surface area (Å²) in [6.07, 6.45) is 5.75. The summed E-state index contributed by atoms with van der Waals surface area (Å²) in [6, 6.07) is 4.15. The van der Waals surface area contributed by atoms with Crippen LogP contribution in [0, 0.1) is 0 Å². The number of nitrogens with zero attached hydrogens (tertiary/aromatic N) is 3. The van der Waals surface area contributed by atoms with Crippen molar-refractivity contribution < 1.29 is 0 Å². The average molecular weight is 248 g/mol. The molecule has 17 heavy (non-hydrogen) atoms. The summed E-state index contributed by atoms with van der Waals surface area (Å²) in [5.74, 6) is 0. The van der Waals surface area contributed by atoms with Crippen molar-refractivity contribution in [3.8, 4) is 0 Å². The molecule has 0 saturated carbocycles. The van der Waals surface area contributed by atoms with Crippen LogP contribution in [0.3, 0.4) is 0 Å². The molecule has 2 aromatic heterocycles. The van der Waals surface area contributed by atoms with Crippen molar-refractivity contribution in [3.05, 3.63) is 36.3 Å². The number of hydrogen-bond acceptors (Lipinski definition) is 4. The Morgan fingerprint density at radius 3 is 2.82 bits per heavy atom. The van der Waals surface area contributed by atoms with Crippen LogP contribution in [-0.2, 0) is 13.6 Å². The molecule has 0 aliphatic carbocycles. The van der Waals surface area contributed by atoms with Gasteiger partial charge in [0.2, 0.25) is 0 Å². The van der Waals surface area contributed by atoms with E-state index < -0.39 is 0 Å². The molecule has 1 N–H and O–H groups in total. The summed E-state index contributed by atoms with van der Waals surface area (Å²) in [7, 11) is 1.91. The number of hydrogen-bond donors (Lipinski definition) is 1. The van der Waals surface area contributed by atoms with Gasteiger partial charge in [-0.15, -0.1) is 0 Å². The third kappa shape index (κ3) is 3.57. The molecule has 2 heterocycles. The lowest BCUT2D eigenvalue weighted by Crippen LogP contribution is -2.11. The van der Waals surface area contributed by atoms with Crippen molar-refractivity contribution in [1.82, 2.24) is 20.1 Å². The summed E-state index contributed by atoms with van der Waals surface area (Å²) in [5, 5.41) is 8.40. The Bertz CT molecular complexity index is 464. The standard InChI is InChI=1S/C12H16N4S/c1-3-13-6-10-4-5-12(14-7-10)17-11-8-15-16(2)9-11/h4-5,7-9,13H,3,6H2,1-2H3. The average Bonchev–Trinajstić information content (AvgIpc) is 2.74. The first kappa shape index (κ1) is 12.1. The monoisotopic (exact) mass is 248 g/mol. The molecule has 0 bridgehead atoms. The molecule has 90 valence electrons. The first-order valence-corrected chi connectivity index (χ1v) is 6.41. The fourth-order valence-electron chi connectivity index (χ4n) is 1.42. The molecule has 0 aromatic carbocycles. The van der Waals surface area contributed by atoms with E-state index in [4.69, 9.17) is 0 Å². The van der Waals surface area contributed by atoms with Crippen molar-refractivity contribution in [3.63, 3.8) is 0 Å². The van der Waals surface area contributed by atoms with Crippen molar-refractivity contribution in [1.29, 1.82) is 0 Å². The van der Waals surface area contributed by atoms with Gasteiger partial charge in [0.1, 0.15) is 5.03 Å². The molecule has 0 fully saturated rings. The first-order valence-electron chi connectivity index (χ1n) is 5.60. The van der Waals surface area contributed by atoms with E-state index >= 15 is 0 Å². The molecular weight excluding hydrogens is 232 g/mol. The smallest absolute Gasteiger partial charge is 0.101 e. The molecule has 0 spiro atoms. The molecule has 0 atom stereocenters. The molecule has 2 rings (SSSR count). The van der Waals surface area contributed by atoms with Gasteiger partial charge in [0.15, 0.2) is 0 Å². The maximum absolute atomic E-state index is 4.42. The molecule has 0 aliphatic rings. The lowest BCUT2D eigenvalue weighted by atomic mass is 10.3. The highest BCUT2D eigenvalue weighted by Crippen LogP contribution is 2.24. The Hall–Kier alpha value is -1.33. The number of pyridine rings is 1. The molecule has 0 aliphatic heterocycles. The fourth-order valence-corrected chi connectivity index (χ4v) is 2.21. The molecule has 0 unspecified atom stereocenters. The molecule has 0 radical (unpaired) electrons. The molecule has 0 amide bonds. The Kier molecular flexibility index (Phi) is 4.17. The second-order valence-electron chi connectivity index (χ2n) is 3.74. The number of nitrogens with one attached hydrogen (secondary N) is 1. The Morgan fingerprint density at radius 2 is 2.24 bits per heavy atom. The lowest BCUT2D eigenvalue weighted by molar-refractivity contribution is 0.723. The summed E-state index contributed by atoms with van der Waals surface area (Å²) in [5.41, 5.74) is 1.21. The van der Waals surface area contributed by atoms with E-state index in [-0.39, 0.29) is 0 Å². The van der Waals surface area contributed by atoms with E-state index in [9.17, 15) is 0 Å². The van der Waals surface area contributed by atoms with Gasteiger partial charge in [0.05, 0.1) is 11.1 Å². The summed E-state index contributed by atoms with van der Waals surface area (Å²) in [4.78, 5) is 5.53. The predicted octanol–water partition coefficient (Wildman–Crippen LogP) is 2.08. The molecular formula is C12H16N4S. The maximum Gasteiger partial charge on any atom is 0.101 e. The topological polar surface area (TPSA) is 42.7 Å². The number of aromatic nitrogens is 3. The summed E-state index contributed by atoms with van der Waals surface area (Å²) >= 11 is 1.63. The zero-order chi connectivity index (χ0) is 12.1. The van der Waals surface area contributed by atoms with Crippen LogP contribution in [0.5, 0.6) is 0 Å². The SMILES string of the molecule is CCNCc1ccc(Sc2cnn(C)c2)nc1. The van der Waals surface area contributed by atoms with Gasteiger partial charge in [0, 0.05) is 26.0 Å². The van der Waals surface area contributed by atoms with Crippen molar-refractivity contribution in [2.45, 2.75) is 23.4 Å². The lowest BCUT2D eigenvalue weighted by Gasteiger charge is -2.02. The van der Waals surface area contributed by atoms with Crippen LogP contribution in [0.2, 0.25) is 0 Å². The third-order valence-corrected chi connectivity index (χ3v) is 3.18. The van der Waals surface area contributed by atoms with E-state index in [0.29, 0.717) is 0 Å². The Balaban J connectivity index is 1.98. The fraction of sp³-hybridized carbons (Fsp3) is 0.333. The van der Waals surface area contributed by atoms with Gasteiger partial charge in [0.25, 0.3) is 0 Å². The zero-order valence-corrected chi connectivity index (χ0v) is 10.9. The quantitative estimate of drug-likeness (QED) is 0.879. The second-order valence-corrected chi connectivity index (χ2v) is 4.83. The maximum atomic E-state index is 4.42. The largest absolute Gasteiger partial charge is 0.313 e. The van der Waals surface area contributed by atoms with Crippen molar-refractivity contribution >= 4 is 11.8 Å². The third-order valence-electron chi connectivity index (χ3n) is 2.28. The van der Waals surface area contributed by atoms with Gasteiger partial charge in [-0.3, -0.25) is 4.68 Å². The van der Waals surface area contributed by atoms with Gasteiger partial charge in [-0.05, 0) is 18.2 Å². The molecule has 2 aromatic rings. The highest BCUT2D eigenvalue weighted by Gasteiger charge is 2.01. The van der Waals surface area contributed by atoms with E-state index in [0.717, 1.165) is 23.0 Å². The number of aryl methyl sites for hydroxylation is 1. The highest BCUT2D eigenvalue weighted by molar-refractivity contribution is 7.99. The van der Waals surface area contributed by atoms with E-state index in [1.807, 2.05) is 31.7 Å². The summed E-state index contributed by atoms with van der Waals surface area (Å²) in [6.45, 7) is 3.95. The zero-order valence-electron chi connectivity index (χ0n) is 10.1. The van der Waals surface area contributed by atoms with Crippen LogP contribution in [0.25, 0.3) is 0 Å². The minimum absolute atomic E-state index is 0.876. The van der Waals surface area contributed by atoms with Gasteiger partial charge in [-0.2, -0.15) is 5.10 Å². The minimum atomic E-state index is 0.876. The summed E-state index contributed by atoms with van der Waals surface area (Å²) < 4.78 is 1.79.